The maximum atomic E-state index is 12.0. The van der Waals surface area contributed by atoms with Gasteiger partial charge in [0.05, 0.1) is 0 Å². The van der Waals surface area contributed by atoms with Crippen molar-refractivity contribution in [2.45, 2.75) is 19.8 Å². The molecular formula is C14H15N3OS. The Bertz CT molecular complexity index is 619. The molecule has 5 heteroatoms. The molecule has 1 aromatic heterocycles. The number of hydrogen-bond acceptors (Lipinski definition) is 4. The van der Waals surface area contributed by atoms with Crippen LogP contribution in [0, 0.1) is 12.8 Å². The minimum absolute atomic E-state index is 0.160. The maximum absolute atomic E-state index is 12.0. The van der Waals surface area contributed by atoms with E-state index in [1.165, 1.54) is 16.9 Å². The fourth-order valence-corrected chi connectivity index (χ4v) is 2.87. The van der Waals surface area contributed by atoms with E-state index in [2.05, 4.69) is 23.2 Å². The van der Waals surface area contributed by atoms with Crippen LogP contribution in [-0.4, -0.2) is 23.2 Å². The molecule has 1 heterocycles. The smallest absolute Gasteiger partial charge is 0.231 e. The minimum atomic E-state index is 0.160. The fraction of sp³-hybridized carbons (Fsp3) is 0.357. The number of benzene rings is 1. The van der Waals surface area contributed by atoms with E-state index in [1.807, 2.05) is 18.2 Å². The zero-order valence-electron chi connectivity index (χ0n) is 11.0. The second-order valence-electron chi connectivity index (χ2n) is 4.88. The molecule has 1 aliphatic carbocycles. The highest BCUT2D eigenvalue weighted by molar-refractivity contribution is 7.18. The summed E-state index contributed by atoms with van der Waals surface area (Å²) in [6.45, 7) is 2.05. The lowest BCUT2D eigenvalue weighted by molar-refractivity contribution is -0.119. The van der Waals surface area contributed by atoms with Gasteiger partial charge in [0.1, 0.15) is 5.01 Å². The summed E-state index contributed by atoms with van der Waals surface area (Å²) in [4.78, 5) is 13.6. The molecule has 1 saturated carbocycles. The SMILES string of the molecule is Cc1ccccc1-c1nnc(N(C)C(=O)C2CC2)s1. The highest BCUT2D eigenvalue weighted by Gasteiger charge is 2.33. The summed E-state index contributed by atoms with van der Waals surface area (Å²) in [5.74, 6) is 0.364. The van der Waals surface area contributed by atoms with Crippen molar-refractivity contribution in [2.24, 2.45) is 5.92 Å². The van der Waals surface area contributed by atoms with Crippen molar-refractivity contribution in [3.05, 3.63) is 29.8 Å². The van der Waals surface area contributed by atoms with Crippen molar-refractivity contribution >= 4 is 22.4 Å². The molecule has 2 aromatic rings. The number of carbonyl (C=O) groups excluding carboxylic acids is 1. The monoisotopic (exact) mass is 273 g/mol. The van der Waals surface area contributed by atoms with Crippen LogP contribution in [-0.2, 0) is 4.79 Å². The number of carbonyl (C=O) groups is 1. The van der Waals surface area contributed by atoms with E-state index in [0.29, 0.717) is 5.13 Å². The molecule has 0 unspecified atom stereocenters. The number of rotatable bonds is 3. The van der Waals surface area contributed by atoms with Gasteiger partial charge in [-0.3, -0.25) is 9.69 Å². The van der Waals surface area contributed by atoms with Gasteiger partial charge in [0.25, 0.3) is 0 Å². The van der Waals surface area contributed by atoms with E-state index in [4.69, 9.17) is 0 Å². The van der Waals surface area contributed by atoms with Crippen molar-refractivity contribution in [2.75, 3.05) is 11.9 Å². The quantitative estimate of drug-likeness (QED) is 0.864. The summed E-state index contributed by atoms with van der Waals surface area (Å²) in [6.07, 6.45) is 2.01. The summed E-state index contributed by atoms with van der Waals surface area (Å²) in [7, 11) is 1.78. The Hall–Kier alpha value is -1.75. The van der Waals surface area contributed by atoms with E-state index in [1.54, 1.807) is 11.9 Å². The highest BCUT2D eigenvalue weighted by atomic mass is 32.1. The van der Waals surface area contributed by atoms with Gasteiger partial charge in [-0.25, -0.2) is 0 Å². The molecule has 0 atom stereocenters. The van der Waals surface area contributed by atoms with Gasteiger partial charge >= 0.3 is 0 Å². The predicted octanol–water partition coefficient (Wildman–Crippen LogP) is 2.89. The first-order valence-corrected chi connectivity index (χ1v) is 7.15. The Morgan fingerprint density at radius 3 is 2.74 bits per heavy atom. The molecule has 0 radical (unpaired) electrons. The molecule has 0 saturated heterocycles. The molecule has 3 rings (SSSR count). The van der Waals surface area contributed by atoms with Gasteiger partial charge in [-0.05, 0) is 25.3 Å². The summed E-state index contributed by atoms with van der Waals surface area (Å²) in [5.41, 5.74) is 2.25. The lowest BCUT2D eigenvalue weighted by Crippen LogP contribution is -2.27. The van der Waals surface area contributed by atoms with Crippen LogP contribution in [0.5, 0.6) is 0 Å². The molecule has 0 bridgehead atoms. The molecule has 4 nitrogen and oxygen atoms in total. The number of hydrogen-bond donors (Lipinski definition) is 0. The van der Waals surface area contributed by atoms with Crippen LogP contribution < -0.4 is 4.90 Å². The average molecular weight is 273 g/mol. The predicted molar refractivity (Wildman–Crippen MR) is 76.2 cm³/mol. The van der Waals surface area contributed by atoms with Crippen LogP contribution in [0.1, 0.15) is 18.4 Å². The summed E-state index contributed by atoms with van der Waals surface area (Å²) in [6, 6.07) is 8.07. The van der Waals surface area contributed by atoms with Gasteiger partial charge in [-0.2, -0.15) is 0 Å². The summed E-state index contributed by atoms with van der Waals surface area (Å²) >= 11 is 1.46. The highest BCUT2D eigenvalue weighted by Crippen LogP contribution is 2.35. The first-order chi connectivity index (χ1) is 9.16. The van der Waals surface area contributed by atoms with E-state index < -0.39 is 0 Å². The van der Waals surface area contributed by atoms with Crippen LogP contribution in [0.2, 0.25) is 0 Å². The molecule has 0 N–H and O–H groups in total. The molecule has 0 spiro atoms. The van der Waals surface area contributed by atoms with Gasteiger partial charge in [0.2, 0.25) is 11.0 Å². The number of anilines is 1. The number of nitrogens with zero attached hydrogens (tertiary/aromatic N) is 3. The van der Waals surface area contributed by atoms with E-state index in [9.17, 15) is 4.79 Å². The summed E-state index contributed by atoms with van der Waals surface area (Å²) < 4.78 is 0. The Morgan fingerprint density at radius 2 is 2.05 bits per heavy atom. The Labute approximate surface area is 116 Å². The molecule has 1 fully saturated rings. The molecule has 0 aliphatic heterocycles. The minimum Gasteiger partial charge on any atom is -0.290 e. The zero-order chi connectivity index (χ0) is 13.4. The van der Waals surface area contributed by atoms with Gasteiger partial charge in [0, 0.05) is 18.5 Å². The van der Waals surface area contributed by atoms with Gasteiger partial charge in [-0.1, -0.05) is 35.6 Å². The number of aromatic nitrogens is 2. The van der Waals surface area contributed by atoms with Gasteiger partial charge in [0.15, 0.2) is 0 Å². The van der Waals surface area contributed by atoms with Crippen LogP contribution in [0.3, 0.4) is 0 Å². The molecule has 1 aliphatic rings. The van der Waals surface area contributed by atoms with Crippen molar-refractivity contribution in [1.82, 2.24) is 10.2 Å². The average Bonchev–Trinajstić information content (AvgIpc) is 3.16. The molecule has 1 amide bonds. The molecule has 98 valence electrons. The molecular weight excluding hydrogens is 258 g/mol. The maximum Gasteiger partial charge on any atom is 0.231 e. The van der Waals surface area contributed by atoms with Crippen molar-refractivity contribution in [3.63, 3.8) is 0 Å². The first kappa shape index (κ1) is 12.3. The largest absolute Gasteiger partial charge is 0.290 e. The Morgan fingerprint density at radius 1 is 1.32 bits per heavy atom. The second kappa shape index (κ2) is 4.74. The third kappa shape index (κ3) is 2.38. The zero-order valence-corrected chi connectivity index (χ0v) is 11.8. The first-order valence-electron chi connectivity index (χ1n) is 6.34. The third-order valence-electron chi connectivity index (χ3n) is 3.33. The standard InChI is InChI=1S/C14H15N3OS/c1-9-5-3-4-6-11(9)12-15-16-14(19-12)17(2)13(18)10-7-8-10/h3-6,10H,7-8H2,1-2H3. The van der Waals surface area contributed by atoms with E-state index >= 15 is 0 Å². The van der Waals surface area contributed by atoms with E-state index in [0.717, 1.165) is 23.4 Å². The lowest BCUT2D eigenvalue weighted by Gasteiger charge is -2.11. The number of amides is 1. The normalized spacial score (nSPS) is 14.4. The van der Waals surface area contributed by atoms with Crippen LogP contribution in [0.25, 0.3) is 10.6 Å². The van der Waals surface area contributed by atoms with Crippen molar-refractivity contribution in [3.8, 4) is 10.6 Å². The summed E-state index contributed by atoms with van der Waals surface area (Å²) in [5, 5.41) is 9.88. The van der Waals surface area contributed by atoms with Gasteiger partial charge in [-0.15, -0.1) is 10.2 Å². The van der Waals surface area contributed by atoms with E-state index in [-0.39, 0.29) is 11.8 Å². The third-order valence-corrected chi connectivity index (χ3v) is 4.37. The molecule has 1 aromatic carbocycles. The topological polar surface area (TPSA) is 46.1 Å². The van der Waals surface area contributed by atoms with Gasteiger partial charge < -0.3 is 0 Å². The van der Waals surface area contributed by atoms with Crippen molar-refractivity contribution in [1.29, 1.82) is 0 Å². The lowest BCUT2D eigenvalue weighted by atomic mass is 10.1. The fourth-order valence-electron chi connectivity index (χ4n) is 1.97. The van der Waals surface area contributed by atoms with Crippen molar-refractivity contribution < 1.29 is 4.79 Å². The Balaban J connectivity index is 1.87. The van der Waals surface area contributed by atoms with Crippen LogP contribution in [0.4, 0.5) is 5.13 Å². The second-order valence-corrected chi connectivity index (χ2v) is 5.83. The van der Waals surface area contributed by atoms with Crippen LogP contribution in [0.15, 0.2) is 24.3 Å². The number of aryl methyl sites for hydroxylation is 1. The van der Waals surface area contributed by atoms with Crippen LogP contribution >= 0.6 is 11.3 Å². The molecule has 19 heavy (non-hydrogen) atoms. The Kier molecular flexibility index (Phi) is 3.06.